The molecule has 2 N–H and O–H groups in total. The van der Waals surface area contributed by atoms with E-state index in [0.717, 1.165) is 39.0 Å². The van der Waals surface area contributed by atoms with Crippen molar-refractivity contribution in [3.63, 3.8) is 0 Å². The molecule has 4 heteroatoms. The van der Waals surface area contributed by atoms with E-state index in [1.165, 1.54) is 6.42 Å². The van der Waals surface area contributed by atoms with Gasteiger partial charge in [-0.2, -0.15) is 0 Å². The maximum atomic E-state index is 11.2. The number of hydrogen-bond acceptors (Lipinski definition) is 3. The standard InChI is InChI=1S/C11H21N3O/c1-9(15)13-4-6-14(7-5-13)11-3-2-10(12)8-11/h10-11H,2-8,12H2,1H3/t10-,11+/m1/s1. The van der Waals surface area contributed by atoms with Gasteiger partial charge in [0, 0.05) is 45.2 Å². The van der Waals surface area contributed by atoms with Crippen LogP contribution in [0.15, 0.2) is 0 Å². The maximum absolute atomic E-state index is 11.2. The molecule has 0 unspecified atom stereocenters. The highest BCUT2D eigenvalue weighted by Crippen LogP contribution is 2.23. The van der Waals surface area contributed by atoms with E-state index in [0.29, 0.717) is 12.1 Å². The van der Waals surface area contributed by atoms with Gasteiger partial charge in [-0.15, -0.1) is 0 Å². The fourth-order valence-electron chi connectivity index (χ4n) is 2.73. The summed E-state index contributed by atoms with van der Waals surface area (Å²) < 4.78 is 0. The minimum absolute atomic E-state index is 0.206. The minimum Gasteiger partial charge on any atom is -0.340 e. The molecule has 1 aliphatic carbocycles. The number of piperazine rings is 1. The van der Waals surface area contributed by atoms with E-state index in [1.54, 1.807) is 6.92 Å². The molecule has 0 aromatic heterocycles. The Morgan fingerprint density at radius 3 is 2.33 bits per heavy atom. The van der Waals surface area contributed by atoms with E-state index in [4.69, 9.17) is 5.73 Å². The lowest BCUT2D eigenvalue weighted by Crippen LogP contribution is -2.51. The molecule has 1 saturated heterocycles. The molecule has 0 bridgehead atoms. The van der Waals surface area contributed by atoms with Crippen LogP contribution in [0, 0.1) is 0 Å². The highest BCUT2D eigenvalue weighted by atomic mass is 16.2. The third-order valence-corrected chi connectivity index (χ3v) is 3.72. The molecule has 15 heavy (non-hydrogen) atoms. The Balaban J connectivity index is 1.80. The van der Waals surface area contributed by atoms with Crippen molar-refractivity contribution < 1.29 is 4.79 Å². The van der Waals surface area contributed by atoms with E-state index in [1.807, 2.05) is 4.90 Å². The second-order valence-electron chi connectivity index (χ2n) is 4.77. The second-order valence-corrected chi connectivity index (χ2v) is 4.77. The normalized spacial score (nSPS) is 33.3. The number of nitrogens with zero attached hydrogens (tertiary/aromatic N) is 2. The summed E-state index contributed by atoms with van der Waals surface area (Å²) in [5.41, 5.74) is 5.92. The molecule has 2 fully saturated rings. The van der Waals surface area contributed by atoms with Gasteiger partial charge in [-0.05, 0) is 19.3 Å². The van der Waals surface area contributed by atoms with Crippen LogP contribution < -0.4 is 5.73 Å². The molecule has 2 atom stereocenters. The summed E-state index contributed by atoms with van der Waals surface area (Å²) in [5, 5.41) is 0. The summed E-state index contributed by atoms with van der Waals surface area (Å²) in [6.07, 6.45) is 3.54. The Labute approximate surface area is 91.4 Å². The van der Waals surface area contributed by atoms with Crippen molar-refractivity contribution in [2.45, 2.75) is 38.3 Å². The molecule has 0 aromatic rings. The van der Waals surface area contributed by atoms with Crippen LogP contribution in [-0.4, -0.2) is 54.0 Å². The van der Waals surface area contributed by atoms with Gasteiger partial charge in [-0.1, -0.05) is 0 Å². The zero-order valence-electron chi connectivity index (χ0n) is 9.48. The predicted molar refractivity (Wildman–Crippen MR) is 59.4 cm³/mol. The highest BCUT2D eigenvalue weighted by molar-refractivity contribution is 5.73. The third-order valence-electron chi connectivity index (χ3n) is 3.72. The molecular weight excluding hydrogens is 190 g/mol. The van der Waals surface area contributed by atoms with Gasteiger partial charge in [0.25, 0.3) is 0 Å². The van der Waals surface area contributed by atoms with Crippen LogP contribution in [0.4, 0.5) is 0 Å². The Hall–Kier alpha value is -0.610. The summed E-state index contributed by atoms with van der Waals surface area (Å²) in [4.78, 5) is 15.6. The van der Waals surface area contributed by atoms with E-state index in [2.05, 4.69) is 4.90 Å². The smallest absolute Gasteiger partial charge is 0.219 e. The Bertz CT molecular complexity index is 236. The summed E-state index contributed by atoms with van der Waals surface area (Å²) in [7, 11) is 0. The van der Waals surface area contributed by atoms with Gasteiger partial charge in [0.1, 0.15) is 0 Å². The quantitative estimate of drug-likeness (QED) is 0.666. The molecule has 86 valence electrons. The first kappa shape index (κ1) is 10.9. The molecule has 1 amide bonds. The number of amides is 1. The zero-order chi connectivity index (χ0) is 10.8. The van der Waals surface area contributed by atoms with E-state index in [9.17, 15) is 4.79 Å². The predicted octanol–water partition coefficient (Wildman–Crippen LogP) is 0.0303. The van der Waals surface area contributed by atoms with Gasteiger partial charge in [-0.3, -0.25) is 9.69 Å². The number of nitrogens with two attached hydrogens (primary N) is 1. The van der Waals surface area contributed by atoms with Crippen molar-refractivity contribution in [1.82, 2.24) is 9.80 Å². The van der Waals surface area contributed by atoms with Crippen molar-refractivity contribution in [3.8, 4) is 0 Å². The van der Waals surface area contributed by atoms with Gasteiger partial charge in [0.15, 0.2) is 0 Å². The van der Waals surface area contributed by atoms with Crippen LogP contribution in [0.5, 0.6) is 0 Å². The van der Waals surface area contributed by atoms with Gasteiger partial charge in [-0.25, -0.2) is 0 Å². The highest BCUT2D eigenvalue weighted by Gasteiger charge is 2.29. The van der Waals surface area contributed by atoms with Gasteiger partial charge in [0.2, 0.25) is 5.91 Å². The summed E-state index contributed by atoms with van der Waals surface area (Å²) in [6.45, 7) is 5.48. The summed E-state index contributed by atoms with van der Waals surface area (Å²) in [6, 6.07) is 1.08. The molecule has 1 aliphatic heterocycles. The van der Waals surface area contributed by atoms with Gasteiger partial charge >= 0.3 is 0 Å². The lowest BCUT2D eigenvalue weighted by atomic mass is 10.1. The molecule has 2 rings (SSSR count). The minimum atomic E-state index is 0.206. The zero-order valence-corrected chi connectivity index (χ0v) is 9.48. The summed E-state index contributed by atoms with van der Waals surface area (Å²) in [5.74, 6) is 0.206. The Morgan fingerprint density at radius 2 is 1.87 bits per heavy atom. The molecule has 0 aromatic carbocycles. The van der Waals surface area contributed by atoms with Crippen molar-refractivity contribution in [1.29, 1.82) is 0 Å². The third kappa shape index (κ3) is 2.49. The fraction of sp³-hybridized carbons (Fsp3) is 0.909. The van der Waals surface area contributed by atoms with Crippen molar-refractivity contribution in [3.05, 3.63) is 0 Å². The van der Waals surface area contributed by atoms with E-state index < -0.39 is 0 Å². The van der Waals surface area contributed by atoms with E-state index >= 15 is 0 Å². The first-order valence-electron chi connectivity index (χ1n) is 5.92. The Morgan fingerprint density at radius 1 is 1.20 bits per heavy atom. The summed E-state index contributed by atoms with van der Waals surface area (Å²) >= 11 is 0. The molecule has 0 radical (unpaired) electrons. The molecule has 2 aliphatic rings. The second kappa shape index (κ2) is 4.49. The van der Waals surface area contributed by atoms with Gasteiger partial charge in [0.05, 0.1) is 0 Å². The molecular formula is C11H21N3O. The largest absolute Gasteiger partial charge is 0.340 e. The van der Waals surface area contributed by atoms with Crippen molar-refractivity contribution in [2.75, 3.05) is 26.2 Å². The number of rotatable bonds is 1. The molecule has 0 spiro atoms. The topological polar surface area (TPSA) is 49.6 Å². The fourth-order valence-corrected chi connectivity index (χ4v) is 2.73. The molecule has 4 nitrogen and oxygen atoms in total. The first-order chi connectivity index (χ1) is 7.16. The number of carbonyl (C=O) groups excluding carboxylic acids is 1. The van der Waals surface area contributed by atoms with E-state index in [-0.39, 0.29) is 5.91 Å². The van der Waals surface area contributed by atoms with Crippen LogP contribution in [0.2, 0.25) is 0 Å². The van der Waals surface area contributed by atoms with Crippen molar-refractivity contribution >= 4 is 5.91 Å². The van der Waals surface area contributed by atoms with Crippen molar-refractivity contribution in [2.24, 2.45) is 5.73 Å². The van der Waals surface area contributed by atoms with Crippen LogP contribution in [-0.2, 0) is 4.79 Å². The average molecular weight is 211 g/mol. The van der Waals surface area contributed by atoms with Crippen LogP contribution in [0.3, 0.4) is 0 Å². The maximum Gasteiger partial charge on any atom is 0.219 e. The molecule has 1 heterocycles. The monoisotopic (exact) mass is 211 g/mol. The lowest BCUT2D eigenvalue weighted by Gasteiger charge is -2.37. The van der Waals surface area contributed by atoms with Crippen LogP contribution in [0.1, 0.15) is 26.2 Å². The first-order valence-corrected chi connectivity index (χ1v) is 5.92. The average Bonchev–Trinajstić information content (AvgIpc) is 2.65. The number of hydrogen-bond donors (Lipinski definition) is 1. The SMILES string of the molecule is CC(=O)N1CCN([C@H]2CC[C@@H](N)C2)CC1. The number of carbonyl (C=O) groups is 1. The lowest BCUT2D eigenvalue weighted by molar-refractivity contribution is -0.130. The molecule has 1 saturated carbocycles. The van der Waals surface area contributed by atoms with Crippen LogP contribution >= 0.6 is 0 Å². The van der Waals surface area contributed by atoms with Gasteiger partial charge < -0.3 is 10.6 Å². The Kier molecular flexibility index (Phi) is 3.26. The van der Waals surface area contributed by atoms with Crippen LogP contribution in [0.25, 0.3) is 0 Å².